The summed E-state index contributed by atoms with van der Waals surface area (Å²) in [6, 6.07) is 8.78. The maximum absolute atomic E-state index is 13.4. The van der Waals surface area contributed by atoms with Gasteiger partial charge in [0.05, 0.1) is 11.1 Å². The van der Waals surface area contributed by atoms with Gasteiger partial charge >= 0.3 is 0 Å². The lowest BCUT2D eigenvalue weighted by Gasteiger charge is -2.19. The van der Waals surface area contributed by atoms with Crippen molar-refractivity contribution in [1.29, 1.82) is 0 Å². The van der Waals surface area contributed by atoms with Gasteiger partial charge in [0.1, 0.15) is 11.6 Å². The number of benzene rings is 2. The number of hydrogen-bond acceptors (Lipinski definition) is 2. The molecule has 1 unspecified atom stereocenters. The molecule has 0 amide bonds. The molecule has 20 heavy (non-hydrogen) atoms. The van der Waals surface area contributed by atoms with E-state index in [1.165, 1.54) is 18.2 Å². The molecular formula is C15H15ClF2N2. The van der Waals surface area contributed by atoms with E-state index in [9.17, 15) is 8.78 Å². The predicted octanol–water partition coefficient (Wildman–Crippen LogP) is 3.67. The third kappa shape index (κ3) is 3.33. The molecular weight excluding hydrogens is 282 g/mol. The van der Waals surface area contributed by atoms with Crippen molar-refractivity contribution in [2.75, 3.05) is 0 Å². The highest BCUT2D eigenvalue weighted by Gasteiger charge is 2.14. The van der Waals surface area contributed by atoms with Crippen molar-refractivity contribution >= 4 is 11.6 Å². The van der Waals surface area contributed by atoms with E-state index in [1.54, 1.807) is 18.2 Å². The first-order valence-electron chi connectivity index (χ1n) is 6.17. The Kier molecular flexibility index (Phi) is 4.70. The lowest BCUT2D eigenvalue weighted by atomic mass is 9.95. The van der Waals surface area contributed by atoms with Gasteiger partial charge < -0.3 is 0 Å². The van der Waals surface area contributed by atoms with E-state index in [2.05, 4.69) is 5.43 Å². The molecule has 0 aliphatic heterocycles. The average Bonchev–Trinajstić information content (AvgIpc) is 2.43. The Balaban J connectivity index is 2.28. The number of rotatable bonds is 4. The van der Waals surface area contributed by atoms with Crippen molar-refractivity contribution in [2.24, 2.45) is 5.84 Å². The summed E-state index contributed by atoms with van der Waals surface area (Å²) in [4.78, 5) is 0. The van der Waals surface area contributed by atoms with Gasteiger partial charge in [0.25, 0.3) is 0 Å². The Labute approximate surface area is 121 Å². The van der Waals surface area contributed by atoms with Gasteiger partial charge in [-0.05, 0) is 54.3 Å². The minimum absolute atomic E-state index is 0.0641. The zero-order valence-corrected chi connectivity index (χ0v) is 11.7. The molecule has 0 fully saturated rings. The van der Waals surface area contributed by atoms with E-state index in [0.29, 0.717) is 6.42 Å². The van der Waals surface area contributed by atoms with Gasteiger partial charge in [-0.25, -0.2) is 8.78 Å². The van der Waals surface area contributed by atoms with Crippen molar-refractivity contribution in [3.05, 3.63) is 69.7 Å². The van der Waals surface area contributed by atoms with Crippen LogP contribution in [0, 0.1) is 18.6 Å². The summed E-state index contributed by atoms with van der Waals surface area (Å²) in [7, 11) is 0. The van der Waals surface area contributed by atoms with Crippen LogP contribution in [0.25, 0.3) is 0 Å². The van der Waals surface area contributed by atoms with Crippen LogP contribution < -0.4 is 11.3 Å². The van der Waals surface area contributed by atoms with Crippen molar-refractivity contribution in [3.63, 3.8) is 0 Å². The van der Waals surface area contributed by atoms with E-state index >= 15 is 0 Å². The summed E-state index contributed by atoms with van der Waals surface area (Å²) in [6.45, 7) is 1.89. The molecule has 3 N–H and O–H groups in total. The van der Waals surface area contributed by atoms with Crippen LogP contribution in [0.2, 0.25) is 5.02 Å². The molecule has 0 aliphatic carbocycles. The van der Waals surface area contributed by atoms with Crippen LogP contribution in [0.1, 0.15) is 22.7 Å². The second-order valence-electron chi connectivity index (χ2n) is 4.67. The molecule has 0 aromatic heterocycles. The Morgan fingerprint density at radius 2 is 1.95 bits per heavy atom. The molecule has 0 saturated carbocycles. The Morgan fingerprint density at radius 3 is 2.60 bits per heavy atom. The number of hydrazine groups is 1. The predicted molar refractivity (Wildman–Crippen MR) is 76.3 cm³/mol. The second-order valence-corrected chi connectivity index (χ2v) is 5.08. The maximum Gasteiger partial charge on any atom is 0.141 e. The lowest BCUT2D eigenvalue weighted by molar-refractivity contribution is 0.541. The van der Waals surface area contributed by atoms with Crippen LogP contribution in [-0.4, -0.2) is 0 Å². The standard InChI is InChI=1S/C15H15ClF2N2/c1-9-2-4-11(17)8-12(9)15(20-19)7-10-3-5-14(18)13(16)6-10/h2-6,8,15,20H,7,19H2,1H3. The Hall–Kier alpha value is -1.49. The molecule has 106 valence electrons. The first kappa shape index (κ1) is 14.9. The van der Waals surface area contributed by atoms with Gasteiger partial charge in [0, 0.05) is 0 Å². The highest BCUT2D eigenvalue weighted by atomic mass is 35.5. The number of hydrogen-bond donors (Lipinski definition) is 2. The highest BCUT2D eigenvalue weighted by Crippen LogP contribution is 2.24. The van der Waals surface area contributed by atoms with E-state index < -0.39 is 5.82 Å². The zero-order chi connectivity index (χ0) is 14.7. The SMILES string of the molecule is Cc1ccc(F)cc1C(Cc1ccc(F)c(Cl)c1)NN. The summed E-state index contributed by atoms with van der Waals surface area (Å²) in [6.07, 6.45) is 0.487. The zero-order valence-electron chi connectivity index (χ0n) is 11.0. The molecule has 0 saturated heterocycles. The smallest absolute Gasteiger partial charge is 0.141 e. The van der Waals surface area contributed by atoms with Crippen LogP contribution >= 0.6 is 11.6 Å². The van der Waals surface area contributed by atoms with Crippen LogP contribution in [-0.2, 0) is 6.42 Å². The maximum atomic E-state index is 13.4. The molecule has 0 radical (unpaired) electrons. The van der Waals surface area contributed by atoms with Crippen molar-refractivity contribution < 1.29 is 8.78 Å². The normalized spacial score (nSPS) is 12.4. The van der Waals surface area contributed by atoms with Crippen molar-refractivity contribution in [1.82, 2.24) is 5.43 Å². The number of halogens is 3. The molecule has 5 heteroatoms. The first-order chi connectivity index (χ1) is 9.51. The molecule has 0 heterocycles. The molecule has 0 bridgehead atoms. The van der Waals surface area contributed by atoms with Gasteiger partial charge in [-0.2, -0.15) is 0 Å². The fourth-order valence-corrected chi connectivity index (χ4v) is 2.35. The quantitative estimate of drug-likeness (QED) is 0.667. The molecule has 2 rings (SSSR count). The van der Waals surface area contributed by atoms with Gasteiger partial charge in [0.2, 0.25) is 0 Å². The largest absolute Gasteiger partial charge is 0.271 e. The molecule has 1 atom stereocenters. The summed E-state index contributed by atoms with van der Waals surface area (Å²) in [5, 5.41) is 0.0641. The summed E-state index contributed by atoms with van der Waals surface area (Å²) in [5.74, 6) is 4.78. The Morgan fingerprint density at radius 1 is 1.20 bits per heavy atom. The van der Waals surface area contributed by atoms with E-state index in [-0.39, 0.29) is 16.9 Å². The molecule has 2 aromatic carbocycles. The molecule has 2 aromatic rings. The minimum atomic E-state index is -0.463. The number of nitrogens with two attached hydrogens (primary N) is 1. The fourth-order valence-electron chi connectivity index (χ4n) is 2.15. The van der Waals surface area contributed by atoms with E-state index in [4.69, 9.17) is 17.4 Å². The average molecular weight is 297 g/mol. The molecule has 0 aliphatic rings. The van der Waals surface area contributed by atoms with Crippen LogP contribution in [0.3, 0.4) is 0 Å². The first-order valence-corrected chi connectivity index (χ1v) is 6.55. The highest BCUT2D eigenvalue weighted by molar-refractivity contribution is 6.30. The molecule has 0 spiro atoms. The number of aryl methyl sites for hydroxylation is 1. The minimum Gasteiger partial charge on any atom is -0.271 e. The van der Waals surface area contributed by atoms with Gasteiger partial charge in [0.15, 0.2) is 0 Å². The van der Waals surface area contributed by atoms with E-state index in [0.717, 1.165) is 16.7 Å². The van der Waals surface area contributed by atoms with E-state index in [1.807, 2.05) is 6.92 Å². The van der Waals surface area contributed by atoms with Crippen molar-refractivity contribution in [2.45, 2.75) is 19.4 Å². The Bertz CT molecular complexity index is 617. The van der Waals surface area contributed by atoms with Crippen LogP contribution in [0.4, 0.5) is 8.78 Å². The third-order valence-corrected chi connectivity index (χ3v) is 3.53. The lowest BCUT2D eigenvalue weighted by Crippen LogP contribution is -2.30. The topological polar surface area (TPSA) is 38.0 Å². The van der Waals surface area contributed by atoms with Gasteiger partial charge in [-0.3, -0.25) is 11.3 Å². The van der Waals surface area contributed by atoms with Crippen LogP contribution in [0.5, 0.6) is 0 Å². The van der Waals surface area contributed by atoms with Crippen molar-refractivity contribution in [3.8, 4) is 0 Å². The summed E-state index contributed by atoms with van der Waals surface area (Å²) in [5.41, 5.74) is 5.19. The fraction of sp³-hybridized carbons (Fsp3) is 0.200. The number of nitrogens with one attached hydrogen (secondary N) is 1. The summed E-state index contributed by atoms with van der Waals surface area (Å²) < 4.78 is 26.5. The van der Waals surface area contributed by atoms with Gasteiger partial charge in [-0.1, -0.05) is 23.7 Å². The van der Waals surface area contributed by atoms with Gasteiger partial charge in [-0.15, -0.1) is 0 Å². The second kappa shape index (κ2) is 6.31. The van der Waals surface area contributed by atoms with Crippen LogP contribution in [0.15, 0.2) is 36.4 Å². The molecule has 2 nitrogen and oxygen atoms in total. The monoisotopic (exact) mass is 296 g/mol. The third-order valence-electron chi connectivity index (χ3n) is 3.24. The summed E-state index contributed by atoms with van der Waals surface area (Å²) >= 11 is 5.76.